The van der Waals surface area contributed by atoms with Gasteiger partial charge in [0.1, 0.15) is 0 Å². The standard InChI is InChI=1S/C14H22N2O/c1-10-6-7-12(15)11(8-10)9-16-13-4-3-5-14(13)17-2/h6-8,13-14,16H,3-5,9,15H2,1-2H3. The fraction of sp³-hybridized carbons (Fsp3) is 0.571. The minimum atomic E-state index is 0.362. The van der Waals surface area contributed by atoms with Crippen LogP contribution in [0.25, 0.3) is 0 Å². The third kappa shape index (κ3) is 2.99. The summed E-state index contributed by atoms with van der Waals surface area (Å²) < 4.78 is 5.47. The molecule has 2 atom stereocenters. The number of nitrogens with two attached hydrogens (primary N) is 1. The predicted octanol–water partition coefficient (Wildman–Crippen LogP) is 2.23. The molecule has 0 bridgehead atoms. The van der Waals surface area contributed by atoms with Gasteiger partial charge in [0.05, 0.1) is 6.10 Å². The van der Waals surface area contributed by atoms with E-state index in [1.54, 1.807) is 7.11 Å². The first-order chi connectivity index (χ1) is 8.20. The molecule has 1 fully saturated rings. The van der Waals surface area contributed by atoms with Crippen molar-refractivity contribution in [2.24, 2.45) is 0 Å². The minimum absolute atomic E-state index is 0.362. The summed E-state index contributed by atoms with van der Waals surface area (Å²) in [6.07, 6.45) is 3.97. The van der Waals surface area contributed by atoms with Crippen LogP contribution in [0.1, 0.15) is 30.4 Å². The summed E-state index contributed by atoms with van der Waals surface area (Å²) in [6.45, 7) is 2.93. The molecular weight excluding hydrogens is 212 g/mol. The second-order valence-electron chi connectivity index (χ2n) is 4.89. The van der Waals surface area contributed by atoms with Gasteiger partial charge in [0.2, 0.25) is 0 Å². The molecule has 0 saturated heterocycles. The van der Waals surface area contributed by atoms with Crippen molar-refractivity contribution >= 4 is 5.69 Å². The number of ether oxygens (including phenoxy) is 1. The van der Waals surface area contributed by atoms with Crippen LogP contribution in [0.2, 0.25) is 0 Å². The van der Waals surface area contributed by atoms with E-state index in [-0.39, 0.29) is 0 Å². The number of methoxy groups -OCH3 is 1. The van der Waals surface area contributed by atoms with Gasteiger partial charge in [-0.3, -0.25) is 0 Å². The third-order valence-electron chi connectivity index (χ3n) is 3.61. The molecular formula is C14H22N2O. The van der Waals surface area contributed by atoms with Crippen molar-refractivity contribution in [3.8, 4) is 0 Å². The molecule has 94 valence electrons. The zero-order valence-corrected chi connectivity index (χ0v) is 10.7. The normalized spacial score (nSPS) is 24.1. The van der Waals surface area contributed by atoms with Crippen LogP contribution >= 0.6 is 0 Å². The van der Waals surface area contributed by atoms with Gasteiger partial charge in [-0.25, -0.2) is 0 Å². The molecule has 0 spiro atoms. The molecule has 2 rings (SSSR count). The summed E-state index contributed by atoms with van der Waals surface area (Å²) in [6, 6.07) is 6.65. The Kier molecular flexibility index (Phi) is 4.02. The molecule has 1 aromatic carbocycles. The van der Waals surface area contributed by atoms with Crippen molar-refractivity contribution in [1.29, 1.82) is 0 Å². The zero-order valence-electron chi connectivity index (χ0n) is 10.7. The van der Waals surface area contributed by atoms with Gasteiger partial charge in [-0.2, -0.15) is 0 Å². The molecule has 17 heavy (non-hydrogen) atoms. The van der Waals surface area contributed by atoms with E-state index in [1.165, 1.54) is 24.0 Å². The lowest BCUT2D eigenvalue weighted by Crippen LogP contribution is -2.36. The van der Waals surface area contributed by atoms with Crippen molar-refractivity contribution in [2.75, 3.05) is 12.8 Å². The molecule has 1 saturated carbocycles. The van der Waals surface area contributed by atoms with E-state index in [0.717, 1.165) is 18.7 Å². The summed E-state index contributed by atoms with van der Waals surface area (Å²) in [5, 5.41) is 3.56. The number of benzene rings is 1. The van der Waals surface area contributed by atoms with E-state index in [9.17, 15) is 0 Å². The van der Waals surface area contributed by atoms with Gasteiger partial charge >= 0.3 is 0 Å². The third-order valence-corrected chi connectivity index (χ3v) is 3.61. The average Bonchev–Trinajstić information content (AvgIpc) is 2.77. The predicted molar refractivity (Wildman–Crippen MR) is 70.9 cm³/mol. The van der Waals surface area contributed by atoms with Crippen molar-refractivity contribution in [3.63, 3.8) is 0 Å². The highest BCUT2D eigenvalue weighted by Crippen LogP contribution is 2.22. The maximum absolute atomic E-state index is 5.97. The Morgan fingerprint density at radius 2 is 2.24 bits per heavy atom. The van der Waals surface area contributed by atoms with Crippen LogP contribution in [0.15, 0.2) is 18.2 Å². The van der Waals surface area contributed by atoms with E-state index in [2.05, 4.69) is 18.3 Å². The summed E-state index contributed by atoms with van der Waals surface area (Å²) in [5.41, 5.74) is 9.28. The molecule has 1 aromatic rings. The fourth-order valence-electron chi connectivity index (χ4n) is 2.57. The minimum Gasteiger partial charge on any atom is -0.398 e. The number of nitrogens with one attached hydrogen (secondary N) is 1. The lowest BCUT2D eigenvalue weighted by molar-refractivity contribution is 0.0847. The Morgan fingerprint density at radius 3 is 3.00 bits per heavy atom. The lowest BCUT2D eigenvalue weighted by atomic mass is 10.1. The maximum atomic E-state index is 5.97. The van der Waals surface area contributed by atoms with Gasteiger partial charge in [0.15, 0.2) is 0 Å². The van der Waals surface area contributed by atoms with E-state index in [1.807, 2.05) is 12.1 Å². The maximum Gasteiger partial charge on any atom is 0.0724 e. The van der Waals surface area contributed by atoms with Gasteiger partial charge in [-0.1, -0.05) is 17.7 Å². The van der Waals surface area contributed by atoms with Crippen molar-refractivity contribution in [1.82, 2.24) is 5.32 Å². The van der Waals surface area contributed by atoms with Gasteiger partial charge in [-0.15, -0.1) is 0 Å². The van der Waals surface area contributed by atoms with Gasteiger partial charge in [0.25, 0.3) is 0 Å². The summed E-state index contributed by atoms with van der Waals surface area (Å²) in [4.78, 5) is 0. The molecule has 0 aliphatic heterocycles. The molecule has 0 radical (unpaired) electrons. The highest BCUT2D eigenvalue weighted by Gasteiger charge is 2.26. The SMILES string of the molecule is COC1CCCC1NCc1cc(C)ccc1N. The van der Waals surface area contributed by atoms with Crippen LogP contribution in [0.4, 0.5) is 5.69 Å². The molecule has 0 aromatic heterocycles. The van der Waals surface area contributed by atoms with Crippen LogP contribution in [0.5, 0.6) is 0 Å². The molecule has 2 unspecified atom stereocenters. The average molecular weight is 234 g/mol. The van der Waals surface area contributed by atoms with Crippen LogP contribution in [0, 0.1) is 6.92 Å². The second kappa shape index (κ2) is 5.52. The molecule has 1 aliphatic rings. The first-order valence-electron chi connectivity index (χ1n) is 6.32. The largest absolute Gasteiger partial charge is 0.398 e. The molecule has 3 N–H and O–H groups in total. The van der Waals surface area contributed by atoms with Gasteiger partial charge in [-0.05, 0) is 37.8 Å². The Bertz CT molecular complexity index is 378. The Labute approximate surface area is 103 Å². The quantitative estimate of drug-likeness (QED) is 0.785. The van der Waals surface area contributed by atoms with Crippen molar-refractivity contribution < 1.29 is 4.74 Å². The zero-order chi connectivity index (χ0) is 12.3. The Hall–Kier alpha value is -1.06. The van der Waals surface area contributed by atoms with E-state index < -0.39 is 0 Å². The fourth-order valence-corrected chi connectivity index (χ4v) is 2.57. The first kappa shape index (κ1) is 12.4. The lowest BCUT2D eigenvalue weighted by Gasteiger charge is -2.20. The molecule has 1 aliphatic carbocycles. The van der Waals surface area contributed by atoms with E-state index in [4.69, 9.17) is 10.5 Å². The number of aryl methyl sites for hydroxylation is 1. The second-order valence-corrected chi connectivity index (χ2v) is 4.89. The van der Waals surface area contributed by atoms with Gasteiger partial charge in [0, 0.05) is 25.4 Å². The van der Waals surface area contributed by atoms with Gasteiger partial charge < -0.3 is 15.8 Å². The van der Waals surface area contributed by atoms with E-state index in [0.29, 0.717) is 12.1 Å². The summed E-state index contributed by atoms with van der Waals surface area (Å²) >= 11 is 0. The van der Waals surface area contributed by atoms with Crippen molar-refractivity contribution in [3.05, 3.63) is 29.3 Å². The van der Waals surface area contributed by atoms with Crippen LogP contribution in [0.3, 0.4) is 0 Å². The number of hydrogen-bond acceptors (Lipinski definition) is 3. The van der Waals surface area contributed by atoms with Crippen LogP contribution < -0.4 is 11.1 Å². The van der Waals surface area contributed by atoms with Crippen LogP contribution in [-0.2, 0) is 11.3 Å². The van der Waals surface area contributed by atoms with Crippen molar-refractivity contribution in [2.45, 2.75) is 44.9 Å². The highest BCUT2D eigenvalue weighted by atomic mass is 16.5. The Morgan fingerprint density at radius 1 is 1.41 bits per heavy atom. The van der Waals surface area contributed by atoms with E-state index >= 15 is 0 Å². The summed E-state index contributed by atoms with van der Waals surface area (Å²) in [5.74, 6) is 0. The molecule has 3 nitrogen and oxygen atoms in total. The van der Waals surface area contributed by atoms with Crippen LogP contribution in [-0.4, -0.2) is 19.3 Å². The number of anilines is 1. The first-order valence-corrected chi connectivity index (χ1v) is 6.32. The molecule has 0 heterocycles. The number of nitrogen functional groups attached to an aromatic ring is 1. The molecule has 0 amide bonds. The highest BCUT2D eigenvalue weighted by molar-refractivity contribution is 5.48. The smallest absolute Gasteiger partial charge is 0.0724 e. The summed E-state index contributed by atoms with van der Waals surface area (Å²) in [7, 11) is 1.80. The number of hydrogen-bond donors (Lipinski definition) is 2. The molecule has 3 heteroatoms. The Balaban J connectivity index is 1.95. The topological polar surface area (TPSA) is 47.3 Å². The monoisotopic (exact) mass is 234 g/mol. The number of rotatable bonds is 4.